The third-order valence-corrected chi connectivity index (χ3v) is 6.42. The molecule has 3 aromatic rings. The van der Waals surface area contributed by atoms with Crippen molar-refractivity contribution >= 4 is 21.4 Å². The smallest absolute Gasteiger partial charge is 0.242 e. The van der Waals surface area contributed by atoms with Gasteiger partial charge in [0.25, 0.3) is 0 Å². The van der Waals surface area contributed by atoms with Gasteiger partial charge in [-0.3, -0.25) is 5.10 Å². The zero-order valence-electron chi connectivity index (χ0n) is 14.5. The van der Waals surface area contributed by atoms with Gasteiger partial charge in [0.15, 0.2) is 5.76 Å². The first-order chi connectivity index (χ1) is 11.7. The van der Waals surface area contributed by atoms with E-state index in [0.717, 1.165) is 16.3 Å². The number of rotatable bonds is 5. The maximum atomic E-state index is 12.6. The predicted molar refractivity (Wildman–Crippen MR) is 95.9 cm³/mol. The van der Waals surface area contributed by atoms with Crippen LogP contribution in [0.5, 0.6) is 0 Å². The highest BCUT2D eigenvalue weighted by atomic mass is 32.2. The first-order valence-corrected chi connectivity index (χ1v) is 10.0. The summed E-state index contributed by atoms with van der Waals surface area (Å²) < 4.78 is 33.0. The summed E-state index contributed by atoms with van der Waals surface area (Å²) in [7, 11) is -3.64. The highest BCUT2D eigenvalue weighted by Crippen LogP contribution is 2.33. The van der Waals surface area contributed by atoms with E-state index in [1.807, 2.05) is 6.07 Å². The summed E-state index contributed by atoms with van der Waals surface area (Å²) in [5.74, 6) is 0.554. The zero-order chi connectivity index (χ0) is 18.2. The van der Waals surface area contributed by atoms with Crippen LogP contribution in [0.1, 0.15) is 37.0 Å². The number of sulfonamides is 1. The molecule has 0 bridgehead atoms. The van der Waals surface area contributed by atoms with Crippen molar-refractivity contribution in [2.24, 2.45) is 0 Å². The number of hydrogen-bond acceptors (Lipinski definition) is 6. The Balaban J connectivity index is 1.77. The second kappa shape index (κ2) is 6.40. The van der Waals surface area contributed by atoms with Gasteiger partial charge < -0.3 is 4.52 Å². The first-order valence-electron chi connectivity index (χ1n) is 7.73. The highest BCUT2D eigenvalue weighted by molar-refractivity contribution is 7.89. The number of thiophene rings is 1. The van der Waals surface area contributed by atoms with Crippen LogP contribution in [0.15, 0.2) is 33.8 Å². The third-order valence-electron chi connectivity index (χ3n) is 3.69. The number of hydrogen-bond donors (Lipinski definition) is 2. The van der Waals surface area contributed by atoms with Crippen molar-refractivity contribution in [3.8, 4) is 10.6 Å². The molecular formula is C16H20N4O3S2. The molecule has 3 aromatic heterocycles. The number of nitrogens with zero attached hydrogens (tertiary/aromatic N) is 2. The van der Waals surface area contributed by atoms with Crippen LogP contribution in [0, 0.1) is 6.92 Å². The van der Waals surface area contributed by atoms with Crippen LogP contribution in [-0.2, 0) is 22.0 Å². The average Bonchev–Trinajstić information content (AvgIpc) is 3.24. The van der Waals surface area contributed by atoms with Crippen molar-refractivity contribution in [3.05, 3.63) is 40.7 Å². The van der Waals surface area contributed by atoms with E-state index in [2.05, 4.69) is 40.8 Å². The molecule has 3 heterocycles. The van der Waals surface area contributed by atoms with Crippen LogP contribution < -0.4 is 4.72 Å². The van der Waals surface area contributed by atoms with E-state index in [-0.39, 0.29) is 16.9 Å². The molecule has 0 atom stereocenters. The summed E-state index contributed by atoms with van der Waals surface area (Å²) in [6.07, 6.45) is 1.53. The summed E-state index contributed by atoms with van der Waals surface area (Å²) in [5.41, 5.74) is 1.52. The molecular weight excluding hydrogens is 360 g/mol. The normalized spacial score (nSPS) is 12.6. The Bertz CT molecular complexity index is 964. The highest BCUT2D eigenvalue weighted by Gasteiger charge is 2.22. The molecule has 0 spiro atoms. The van der Waals surface area contributed by atoms with E-state index in [1.54, 1.807) is 19.1 Å². The van der Waals surface area contributed by atoms with Crippen LogP contribution >= 0.6 is 11.3 Å². The minimum atomic E-state index is -3.64. The molecule has 0 fully saturated rings. The Labute approximate surface area is 150 Å². The van der Waals surface area contributed by atoms with E-state index >= 15 is 0 Å². The Morgan fingerprint density at radius 2 is 2.08 bits per heavy atom. The minimum absolute atomic E-state index is 0.0937. The molecule has 0 aliphatic heterocycles. The molecule has 0 aromatic carbocycles. The Kier molecular flexibility index (Phi) is 4.56. The molecule has 134 valence electrons. The van der Waals surface area contributed by atoms with Crippen LogP contribution in [0.2, 0.25) is 0 Å². The van der Waals surface area contributed by atoms with Gasteiger partial charge in [0.1, 0.15) is 0 Å². The fourth-order valence-corrected chi connectivity index (χ4v) is 4.84. The summed E-state index contributed by atoms with van der Waals surface area (Å²) in [4.78, 5) is 1.67. The predicted octanol–water partition coefficient (Wildman–Crippen LogP) is 3.21. The topological polar surface area (TPSA) is 101 Å². The Morgan fingerprint density at radius 3 is 2.68 bits per heavy atom. The van der Waals surface area contributed by atoms with Gasteiger partial charge in [0, 0.05) is 16.4 Å². The fraction of sp³-hybridized carbons (Fsp3) is 0.375. The second-order valence-corrected chi connectivity index (χ2v) is 9.75. The average molecular weight is 380 g/mol. The van der Waals surface area contributed by atoms with Gasteiger partial charge in [-0.1, -0.05) is 25.9 Å². The lowest BCUT2D eigenvalue weighted by atomic mass is 9.92. The molecule has 0 aliphatic carbocycles. The lowest BCUT2D eigenvalue weighted by Gasteiger charge is -2.13. The molecule has 9 heteroatoms. The van der Waals surface area contributed by atoms with Crippen molar-refractivity contribution in [3.63, 3.8) is 0 Å². The molecule has 0 aliphatic rings. The molecule has 2 N–H and O–H groups in total. The van der Waals surface area contributed by atoms with Gasteiger partial charge in [0.05, 0.1) is 33.9 Å². The summed E-state index contributed by atoms with van der Waals surface area (Å²) in [6, 6.07) is 5.19. The summed E-state index contributed by atoms with van der Waals surface area (Å²) in [5, 5.41) is 10.8. The maximum absolute atomic E-state index is 12.6. The number of aryl methyl sites for hydroxylation is 1. The van der Waals surface area contributed by atoms with Gasteiger partial charge in [0.2, 0.25) is 10.0 Å². The van der Waals surface area contributed by atoms with Crippen LogP contribution in [0.4, 0.5) is 0 Å². The lowest BCUT2D eigenvalue weighted by Crippen LogP contribution is -2.23. The SMILES string of the molecule is Cc1sc(-c2ccno2)cc1S(=O)(=O)NCc1cc(C(C)(C)C)n[nH]1. The van der Waals surface area contributed by atoms with Gasteiger partial charge in [-0.15, -0.1) is 11.3 Å². The molecule has 0 saturated heterocycles. The van der Waals surface area contributed by atoms with Crippen molar-refractivity contribution in [2.75, 3.05) is 0 Å². The molecule has 0 unspecified atom stereocenters. The summed E-state index contributed by atoms with van der Waals surface area (Å²) >= 11 is 1.36. The largest absolute Gasteiger partial charge is 0.355 e. The molecule has 0 radical (unpaired) electrons. The number of aromatic nitrogens is 3. The van der Waals surface area contributed by atoms with Crippen LogP contribution in [0.25, 0.3) is 10.6 Å². The van der Waals surface area contributed by atoms with E-state index < -0.39 is 10.0 Å². The molecule has 25 heavy (non-hydrogen) atoms. The molecule has 3 rings (SSSR count). The number of H-pyrrole nitrogens is 1. The minimum Gasteiger partial charge on any atom is -0.355 e. The van der Waals surface area contributed by atoms with Gasteiger partial charge >= 0.3 is 0 Å². The standard InChI is InChI=1S/C16H20N4O3S2/c1-10-14(8-13(24-10)12-5-6-17-23-12)25(21,22)18-9-11-7-15(20-19-11)16(2,3)4/h5-8,18H,9H2,1-4H3,(H,19,20). The quantitative estimate of drug-likeness (QED) is 0.708. The lowest BCUT2D eigenvalue weighted by molar-refractivity contribution is 0.433. The van der Waals surface area contributed by atoms with Crippen LogP contribution in [0.3, 0.4) is 0 Å². The van der Waals surface area contributed by atoms with Crippen LogP contribution in [-0.4, -0.2) is 23.8 Å². The van der Waals surface area contributed by atoms with Crippen molar-refractivity contribution in [2.45, 2.75) is 44.6 Å². The molecule has 7 nitrogen and oxygen atoms in total. The van der Waals surface area contributed by atoms with Gasteiger partial charge in [-0.2, -0.15) is 5.10 Å². The van der Waals surface area contributed by atoms with E-state index in [1.165, 1.54) is 17.5 Å². The zero-order valence-corrected chi connectivity index (χ0v) is 16.1. The van der Waals surface area contributed by atoms with Crippen molar-refractivity contribution < 1.29 is 12.9 Å². The Hall–Kier alpha value is -1.97. The van der Waals surface area contributed by atoms with E-state index in [0.29, 0.717) is 10.6 Å². The van der Waals surface area contributed by atoms with Gasteiger partial charge in [-0.25, -0.2) is 13.1 Å². The van der Waals surface area contributed by atoms with E-state index in [4.69, 9.17) is 4.52 Å². The first kappa shape index (κ1) is 17.8. The third kappa shape index (κ3) is 3.83. The Morgan fingerprint density at radius 1 is 1.32 bits per heavy atom. The van der Waals surface area contributed by atoms with E-state index in [9.17, 15) is 8.42 Å². The molecule has 0 saturated carbocycles. The maximum Gasteiger partial charge on any atom is 0.242 e. The number of aromatic amines is 1. The monoisotopic (exact) mass is 380 g/mol. The fourth-order valence-electron chi connectivity index (χ4n) is 2.28. The van der Waals surface area contributed by atoms with Crippen molar-refractivity contribution in [1.29, 1.82) is 0 Å². The van der Waals surface area contributed by atoms with Crippen molar-refractivity contribution in [1.82, 2.24) is 20.1 Å². The van der Waals surface area contributed by atoms with Gasteiger partial charge in [-0.05, 0) is 19.1 Å². The molecule has 0 amide bonds. The summed E-state index contributed by atoms with van der Waals surface area (Å²) in [6.45, 7) is 8.08. The number of nitrogens with one attached hydrogen (secondary N) is 2. The second-order valence-electron chi connectivity index (χ2n) is 6.76.